The van der Waals surface area contributed by atoms with Gasteiger partial charge in [-0.15, -0.1) is 0 Å². The third-order valence-electron chi connectivity index (χ3n) is 3.99. The first kappa shape index (κ1) is 15.2. The Labute approximate surface area is 138 Å². The zero-order valence-electron chi connectivity index (χ0n) is 13.9. The van der Waals surface area contributed by atoms with Crippen LogP contribution < -0.4 is 10.6 Å². The minimum atomic E-state index is 1.08. The number of nitrogens with one attached hydrogen (secondary N) is 2. The van der Waals surface area contributed by atoms with E-state index in [1.165, 1.54) is 16.7 Å². The summed E-state index contributed by atoms with van der Waals surface area (Å²) >= 11 is 0. The fourth-order valence-corrected chi connectivity index (χ4v) is 2.51. The van der Waals surface area contributed by atoms with Crippen molar-refractivity contribution >= 4 is 22.7 Å². The van der Waals surface area contributed by atoms with Gasteiger partial charge >= 0.3 is 0 Å². The van der Waals surface area contributed by atoms with Crippen molar-refractivity contribution in [3.8, 4) is 0 Å². The van der Waals surface area contributed by atoms with E-state index in [0.29, 0.717) is 0 Å². The van der Waals surface area contributed by atoms with Crippen LogP contribution in [0.3, 0.4) is 0 Å². The molecule has 0 spiro atoms. The van der Waals surface area contributed by atoms with Gasteiger partial charge in [-0.2, -0.15) is 0 Å². The van der Waals surface area contributed by atoms with Gasteiger partial charge in [0.25, 0.3) is 0 Å². The molecule has 0 radical (unpaired) electrons. The highest BCUT2D eigenvalue weighted by atomic mass is 14.9. The van der Waals surface area contributed by atoms with Crippen LogP contribution in [0.25, 0.3) is 0 Å². The first-order valence-corrected chi connectivity index (χ1v) is 7.88. The minimum absolute atomic E-state index is 1.08. The van der Waals surface area contributed by atoms with E-state index in [-0.39, 0.29) is 0 Å². The number of anilines is 4. The van der Waals surface area contributed by atoms with Gasteiger partial charge in [0.2, 0.25) is 0 Å². The van der Waals surface area contributed by atoms with Crippen molar-refractivity contribution in [1.29, 1.82) is 0 Å². The summed E-state index contributed by atoms with van der Waals surface area (Å²) < 4.78 is 0. The topological polar surface area (TPSA) is 24.1 Å². The lowest BCUT2D eigenvalue weighted by atomic mass is 10.1. The molecule has 0 aromatic heterocycles. The van der Waals surface area contributed by atoms with Gasteiger partial charge in [0.15, 0.2) is 0 Å². The molecular weight excluding hydrogens is 280 g/mol. The minimum Gasteiger partial charge on any atom is -0.356 e. The largest absolute Gasteiger partial charge is 0.356 e. The Kier molecular flexibility index (Phi) is 4.33. The van der Waals surface area contributed by atoms with Gasteiger partial charge in [-0.05, 0) is 86.0 Å². The standard InChI is InChI=1S/C21H22N2/c1-15-5-4-6-20(13-15)22-18-9-11-19(12-10-18)23-21-8-7-16(2)17(3)14-21/h4-14,22-23H,1-3H3. The van der Waals surface area contributed by atoms with Gasteiger partial charge in [-0.1, -0.05) is 18.2 Å². The van der Waals surface area contributed by atoms with E-state index in [1.54, 1.807) is 0 Å². The van der Waals surface area contributed by atoms with E-state index in [0.717, 1.165) is 22.7 Å². The smallest absolute Gasteiger partial charge is 0.0387 e. The van der Waals surface area contributed by atoms with Crippen molar-refractivity contribution in [2.45, 2.75) is 20.8 Å². The molecule has 2 N–H and O–H groups in total. The molecule has 0 bridgehead atoms. The summed E-state index contributed by atoms with van der Waals surface area (Å²) in [6.45, 7) is 6.36. The molecule has 0 atom stereocenters. The molecule has 0 amide bonds. The molecular formula is C21H22N2. The molecule has 0 aliphatic heterocycles. The molecule has 0 unspecified atom stereocenters. The maximum absolute atomic E-state index is 3.44. The van der Waals surface area contributed by atoms with Crippen molar-refractivity contribution in [1.82, 2.24) is 0 Å². The van der Waals surface area contributed by atoms with Gasteiger partial charge in [-0.25, -0.2) is 0 Å². The summed E-state index contributed by atoms with van der Waals surface area (Å²) in [6.07, 6.45) is 0. The van der Waals surface area contributed by atoms with Crippen LogP contribution in [0.5, 0.6) is 0 Å². The summed E-state index contributed by atoms with van der Waals surface area (Å²) in [6, 6.07) is 23.2. The van der Waals surface area contributed by atoms with E-state index in [4.69, 9.17) is 0 Å². The third kappa shape index (κ3) is 3.92. The average Bonchev–Trinajstić information content (AvgIpc) is 2.53. The average molecular weight is 302 g/mol. The summed E-state index contributed by atoms with van der Waals surface area (Å²) in [5.41, 5.74) is 8.26. The second-order valence-electron chi connectivity index (χ2n) is 6.00. The predicted octanol–water partition coefficient (Wildman–Crippen LogP) is 6.10. The van der Waals surface area contributed by atoms with Gasteiger partial charge < -0.3 is 10.6 Å². The Morgan fingerprint density at radius 1 is 0.522 bits per heavy atom. The van der Waals surface area contributed by atoms with E-state index >= 15 is 0 Å². The van der Waals surface area contributed by atoms with Crippen molar-refractivity contribution < 1.29 is 0 Å². The molecule has 23 heavy (non-hydrogen) atoms. The van der Waals surface area contributed by atoms with Crippen molar-refractivity contribution in [3.63, 3.8) is 0 Å². The Hall–Kier alpha value is -2.74. The zero-order valence-corrected chi connectivity index (χ0v) is 13.9. The second kappa shape index (κ2) is 6.57. The predicted molar refractivity (Wildman–Crippen MR) is 100 cm³/mol. The Morgan fingerprint density at radius 2 is 1.09 bits per heavy atom. The van der Waals surface area contributed by atoms with Crippen LogP contribution in [0.2, 0.25) is 0 Å². The summed E-state index contributed by atoms with van der Waals surface area (Å²) in [5, 5.41) is 6.87. The fourth-order valence-electron chi connectivity index (χ4n) is 2.51. The Morgan fingerprint density at radius 3 is 1.65 bits per heavy atom. The maximum atomic E-state index is 3.44. The molecule has 3 rings (SSSR count). The summed E-state index contributed by atoms with van der Waals surface area (Å²) in [7, 11) is 0. The number of benzene rings is 3. The number of aryl methyl sites for hydroxylation is 3. The van der Waals surface area contributed by atoms with Crippen LogP contribution in [0.1, 0.15) is 16.7 Å². The van der Waals surface area contributed by atoms with Crippen LogP contribution in [0, 0.1) is 20.8 Å². The van der Waals surface area contributed by atoms with Gasteiger partial charge in [0, 0.05) is 22.7 Å². The van der Waals surface area contributed by atoms with Crippen molar-refractivity contribution in [2.75, 3.05) is 10.6 Å². The molecule has 2 nitrogen and oxygen atoms in total. The third-order valence-corrected chi connectivity index (χ3v) is 3.99. The number of rotatable bonds is 4. The van der Waals surface area contributed by atoms with Gasteiger partial charge in [-0.3, -0.25) is 0 Å². The van der Waals surface area contributed by atoms with E-state index < -0.39 is 0 Å². The number of hydrogen-bond donors (Lipinski definition) is 2. The molecule has 0 fully saturated rings. The second-order valence-corrected chi connectivity index (χ2v) is 6.00. The van der Waals surface area contributed by atoms with Crippen LogP contribution in [0.15, 0.2) is 66.7 Å². The number of hydrogen-bond acceptors (Lipinski definition) is 2. The Balaban J connectivity index is 1.70. The quantitative estimate of drug-likeness (QED) is 0.608. The molecule has 3 aromatic rings. The molecule has 2 heteroatoms. The van der Waals surface area contributed by atoms with Crippen LogP contribution in [-0.4, -0.2) is 0 Å². The normalized spacial score (nSPS) is 10.4. The molecule has 0 aliphatic carbocycles. The fraction of sp³-hybridized carbons (Fsp3) is 0.143. The Bertz CT molecular complexity index is 804. The molecule has 0 saturated heterocycles. The summed E-state index contributed by atoms with van der Waals surface area (Å²) in [4.78, 5) is 0. The van der Waals surface area contributed by atoms with E-state index in [9.17, 15) is 0 Å². The van der Waals surface area contributed by atoms with Gasteiger partial charge in [0.1, 0.15) is 0 Å². The molecule has 0 aliphatic rings. The first-order valence-electron chi connectivity index (χ1n) is 7.88. The molecule has 116 valence electrons. The first-order chi connectivity index (χ1) is 11.1. The summed E-state index contributed by atoms with van der Waals surface area (Å²) in [5.74, 6) is 0. The molecule has 0 heterocycles. The molecule has 0 saturated carbocycles. The lowest BCUT2D eigenvalue weighted by Gasteiger charge is -2.11. The van der Waals surface area contributed by atoms with Crippen molar-refractivity contribution in [2.24, 2.45) is 0 Å². The highest BCUT2D eigenvalue weighted by Crippen LogP contribution is 2.23. The SMILES string of the molecule is Cc1cccc(Nc2ccc(Nc3ccc(C)c(C)c3)cc2)c1. The monoisotopic (exact) mass is 302 g/mol. The van der Waals surface area contributed by atoms with Crippen molar-refractivity contribution in [3.05, 3.63) is 83.4 Å². The van der Waals surface area contributed by atoms with Gasteiger partial charge in [0.05, 0.1) is 0 Å². The van der Waals surface area contributed by atoms with E-state index in [2.05, 4.69) is 98.1 Å². The molecule has 3 aromatic carbocycles. The lowest BCUT2D eigenvalue weighted by molar-refractivity contribution is 1.34. The van der Waals surface area contributed by atoms with Crippen LogP contribution in [0.4, 0.5) is 22.7 Å². The van der Waals surface area contributed by atoms with Crippen LogP contribution in [-0.2, 0) is 0 Å². The highest BCUT2D eigenvalue weighted by molar-refractivity contribution is 5.66. The highest BCUT2D eigenvalue weighted by Gasteiger charge is 1.99. The lowest BCUT2D eigenvalue weighted by Crippen LogP contribution is -1.93. The zero-order chi connectivity index (χ0) is 16.2. The van der Waals surface area contributed by atoms with E-state index in [1.807, 2.05) is 0 Å². The van der Waals surface area contributed by atoms with Crippen LogP contribution >= 0.6 is 0 Å². The maximum Gasteiger partial charge on any atom is 0.0387 e.